The summed E-state index contributed by atoms with van der Waals surface area (Å²) in [5, 5.41) is 29.3. The molecule has 12 aliphatic carbocycles. The molecule has 1 aliphatic heterocycles. The number of Topliss-reactive ketones (excluding diaryl/α,β-unsaturated/α-hetero) is 2. The van der Waals surface area contributed by atoms with Crippen LogP contribution in [0.25, 0.3) is 55.7 Å². The van der Waals surface area contributed by atoms with Gasteiger partial charge in [0.1, 0.15) is 11.4 Å². The second-order valence-electron chi connectivity index (χ2n) is 39.4. The summed E-state index contributed by atoms with van der Waals surface area (Å²) in [5.74, 6) is 4.98. The molecular weight excluding hydrogens is 1810 g/mol. The van der Waals surface area contributed by atoms with E-state index in [1.165, 1.54) is 166 Å². The number of amides is 2. The van der Waals surface area contributed by atoms with Crippen LogP contribution in [0.3, 0.4) is 0 Å². The normalized spacial score (nSPS) is 20.7. The van der Waals surface area contributed by atoms with Crippen LogP contribution in [0.5, 0.6) is 0 Å². The molecule has 0 radical (unpaired) electrons. The van der Waals surface area contributed by atoms with Gasteiger partial charge < -0.3 is 10.6 Å². The van der Waals surface area contributed by atoms with Gasteiger partial charge in [0.2, 0.25) is 0 Å². The Bertz CT molecular complexity index is 6500. The fourth-order valence-electron chi connectivity index (χ4n) is 23.7. The van der Waals surface area contributed by atoms with Crippen molar-refractivity contribution < 1.29 is 19.2 Å². The Kier molecular flexibility index (Phi) is 24.8. The van der Waals surface area contributed by atoms with Crippen LogP contribution in [0.2, 0.25) is 30.1 Å². The van der Waals surface area contributed by atoms with E-state index in [1.54, 1.807) is 46.9 Å². The van der Waals surface area contributed by atoms with Crippen LogP contribution in [0.1, 0.15) is 263 Å². The number of halogens is 6. The molecule has 15 nitrogen and oxygen atoms in total. The van der Waals surface area contributed by atoms with Crippen molar-refractivity contribution >= 4 is 144 Å². The quantitative estimate of drug-likeness (QED) is 0.0844. The van der Waals surface area contributed by atoms with Gasteiger partial charge in [0.15, 0.2) is 23.0 Å². The number of ketones is 2. The molecular formula is C104H109Cl6N11O4S4. The molecule has 129 heavy (non-hydrogen) atoms. The molecule has 9 heterocycles. The third-order valence-corrected chi connectivity index (χ3v) is 36.4. The minimum Gasteiger partial charge on any atom is -0.350 e. The lowest BCUT2D eigenvalue weighted by molar-refractivity contribution is -0.103. The second-order valence-corrected chi connectivity index (χ2v) is 47.2. The number of rotatable bonds is 17. The number of carbonyl (C=O) groups excluding carboxylic acids is 4. The topological polar surface area (TPSA) is 167 Å². The van der Waals surface area contributed by atoms with Gasteiger partial charge in [-0.25, -0.2) is 14.0 Å². The zero-order valence-corrected chi connectivity index (χ0v) is 82.5. The van der Waals surface area contributed by atoms with Gasteiger partial charge in [-0.15, -0.1) is 45.3 Å². The highest BCUT2D eigenvalue weighted by Crippen LogP contribution is 2.63. The first-order valence-corrected chi connectivity index (χ1v) is 51.9. The Morgan fingerprint density at radius 3 is 1.48 bits per heavy atom. The van der Waals surface area contributed by atoms with Gasteiger partial charge in [-0.3, -0.25) is 28.8 Å². The number of fused-ring (bicyclic) bond motifs is 17. The summed E-state index contributed by atoms with van der Waals surface area (Å²) in [5.41, 5.74) is 24.0. The molecule has 6 unspecified atom stereocenters. The number of hydrogen-bond acceptors (Lipinski definition) is 13. The van der Waals surface area contributed by atoms with Gasteiger partial charge in [0, 0.05) is 127 Å². The van der Waals surface area contributed by atoms with Crippen LogP contribution in [-0.4, -0.2) is 100 Å². The summed E-state index contributed by atoms with van der Waals surface area (Å²) in [7, 11) is 0. The number of allylic oxidation sites excluding steroid dienone is 1. The highest BCUT2D eigenvalue weighted by Gasteiger charge is 2.56. The number of benzene rings is 4. The van der Waals surface area contributed by atoms with Crippen LogP contribution in [0, 0.1) is 86.9 Å². The maximum atomic E-state index is 13.8. The first-order chi connectivity index (χ1) is 62.0. The number of nitrogens with zero attached hydrogens (tertiary/aromatic N) is 9. The molecule has 8 fully saturated rings. The lowest BCUT2D eigenvalue weighted by Crippen LogP contribution is -2.54. The van der Waals surface area contributed by atoms with Gasteiger partial charge >= 0.3 is 0 Å². The zero-order valence-electron chi connectivity index (χ0n) is 74.7. The van der Waals surface area contributed by atoms with Crippen molar-refractivity contribution in [2.75, 3.05) is 32.7 Å². The summed E-state index contributed by atoms with van der Waals surface area (Å²) < 4.78 is 7.68. The number of thiophene rings is 4. The van der Waals surface area contributed by atoms with Crippen molar-refractivity contribution in [2.24, 2.45) is 52.3 Å². The summed E-state index contributed by atoms with van der Waals surface area (Å²) >= 11 is 45.5. The van der Waals surface area contributed by atoms with E-state index in [-0.39, 0.29) is 23.4 Å². The molecule has 13 aliphatic rings. The number of nitrogens with one attached hydrogen (secondary N) is 2. The molecule has 670 valence electrons. The van der Waals surface area contributed by atoms with Gasteiger partial charge in [0.05, 0.1) is 72.9 Å². The summed E-state index contributed by atoms with van der Waals surface area (Å²) in [6, 6.07) is 33.9. The van der Waals surface area contributed by atoms with E-state index in [2.05, 4.69) is 131 Å². The molecule has 1 saturated heterocycles. The van der Waals surface area contributed by atoms with Crippen LogP contribution in [0.4, 0.5) is 0 Å². The predicted molar refractivity (Wildman–Crippen MR) is 529 cm³/mol. The Hall–Kier alpha value is -7.76. The molecule has 6 atom stereocenters. The molecule has 2 amide bonds. The van der Waals surface area contributed by atoms with E-state index in [0.717, 1.165) is 158 Å². The van der Waals surface area contributed by atoms with Crippen molar-refractivity contribution in [1.82, 2.24) is 54.7 Å². The monoisotopic (exact) mass is 1910 g/mol. The molecule has 4 aromatic carbocycles. The summed E-state index contributed by atoms with van der Waals surface area (Å²) in [6.07, 6.45) is 24.5. The minimum atomic E-state index is -0.0822. The first-order valence-electron chi connectivity index (χ1n) is 46.4. The molecule has 25 rings (SSSR count). The number of hydrogen-bond donors (Lipinski definition) is 2. The van der Waals surface area contributed by atoms with E-state index in [1.807, 2.05) is 67.1 Å². The number of aromatic nitrogens is 8. The first kappa shape index (κ1) is 89.1. The third-order valence-electron chi connectivity index (χ3n) is 30.5. The molecule has 2 N–H and O–H groups in total. The number of piperidine rings is 1. The number of aryl methyl sites for hydroxylation is 6. The van der Waals surface area contributed by atoms with E-state index in [0.29, 0.717) is 107 Å². The van der Waals surface area contributed by atoms with E-state index in [4.69, 9.17) is 90.0 Å². The standard InChI is InChI=1S/C31H33Cl2N3OS.C26H27Cl2N3OS.C25H28N2OS.C22H21Cl2N3OS/c1-16-11-21-26(38-16)6-4-5-17-12-22-28(30(37)34-15-18-7-8-19-13-23(18)31(19,2)3)35-36(29(22)27(17)21)25-10-9-20(32)14-24(25)33;1-13-8-15-9-18-22(25(32)29-12-14-4-5-16-10-19(14)26(16,2)3)30-31(23(18)24(15)33-13)21-7-6-17(27)11-20(21)28;1-16-8-10-19(11-9-16)15-27-25-20-12-17(2)29-23(20)14-21(25)24(26-27)22(28)13-18-6-4-3-5-7-18;1-13-9-15-20(29-13)11-16-21(19(28)12-26-7-3-2-4-8-26)25-27(22(15)16)18-6-5-14(23)10-17(18)24/h9-11,14,18-19,23H,4-8,12-13,15H2,1-3H3,(H,34,37);6-8,11,14,16,19H,4-5,9-10,12H2,1-3H3,(H,29,32);8-12,18H,3-7,13-15H2,1-2H3;5-6,9-10H,2-4,7-8,11-12H2,1H3. The van der Waals surface area contributed by atoms with Gasteiger partial charge in [-0.1, -0.05) is 171 Å². The van der Waals surface area contributed by atoms with Crippen LogP contribution < -0.4 is 10.6 Å². The van der Waals surface area contributed by atoms with E-state index >= 15 is 0 Å². The molecule has 12 aromatic rings. The fourth-order valence-corrected chi connectivity index (χ4v) is 29.4. The molecule has 7 saturated carbocycles. The van der Waals surface area contributed by atoms with Crippen molar-refractivity contribution in [2.45, 2.75) is 210 Å². The molecule has 8 aromatic heterocycles. The fraction of sp³-hybridized carbons (Fsp3) is 0.442. The van der Waals surface area contributed by atoms with E-state index in [9.17, 15) is 19.2 Å². The predicted octanol–water partition coefficient (Wildman–Crippen LogP) is 27.1. The van der Waals surface area contributed by atoms with Crippen LogP contribution >= 0.6 is 115 Å². The molecule has 4 bridgehead atoms. The van der Waals surface area contributed by atoms with Crippen LogP contribution in [-0.2, 0) is 38.6 Å². The third kappa shape index (κ3) is 16.9. The number of likely N-dealkylation sites (tertiary alicyclic amines) is 1. The number of carbonyl (C=O) groups is 4. The van der Waals surface area contributed by atoms with Gasteiger partial charge in [-0.2, -0.15) is 20.4 Å². The smallest absolute Gasteiger partial charge is 0.272 e. The van der Waals surface area contributed by atoms with E-state index < -0.39 is 0 Å². The zero-order chi connectivity index (χ0) is 89.5. The summed E-state index contributed by atoms with van der Waals surface area (Å²) in [4.78, 5) is 66.4. The lowest BCUT2D eigenvalue weighted by Gasteiger charge is -2.60. The van der Waals surface area contributed by atoms with Crippen LogP contribution in [0.15, 0.2) is 109 Å². The van der Waals surface area contributed by atoms with Gasteiger partial charge in [-0.05, 0) is 273 Å². The SMILES string of the molecule is Cc1cc2c(s1)-c1c(c(C(=O)NCC3CCC4CC3C4(C)C)nn1-c1ccc(Cl)cc1Cl)C2.Cc1cc2c(s1)CCCC1=C2c2c(c(C(=O)NCC3CCC4CC3C4(C)C)nn2-c2ccc(Cl)cc2Cl)C1.Cc1cc2c(s1)Cc1c(C(=O)CN3CCCCC3)nn(-c3ccc(Cl)cc3Cl)c1-2.Cc1ccc(Cn2nc(C(=O)CC3CCCCC3)c3c2-c2cc(C)sc2C3)cc1. The second kappa shape index (κ2) is 35.9. The highest BCUT2D eigenvalue weighted by atomic mass is 35.5. The average Bonchev–Trinajstić information content (AvgIpc) is 1.46. The molecule has 0 spiro atoms. The highest BCUT2D eigenvalue weighted by molar-refractivity contribution is 7.15. The average molecular weight is 1920 g/mol. The Balaban J connectivity index is 0.000000108. The van der Waals surface area contributed by atoms with Crippen molar-refractivity contribution in [3.05, 3.63) is 246 Å². The Labute approximate surface area is 802 Å². The lowest BCUT2D eigenvalue weighted by atomic mass is 9.45. The van der Waals surface area contributed by atoms with Crippen molar-refractivity contribution in [1.29, 1.82) is 0 Å². The summed E-state index contributed by atoms with van der Waals surface area (Å²) in [6.45, 7) is 24.9. The van der Waals surface area contributed by atoms with Crippen molar-refractivity contribution in [3.8, 4) is 50.1 Å². The van der Waals surface area contributed by atoms with Gasteiger partial charge in [0.25, 0.3) is 11.8 Å². The Morgan fingerprint density at radius 1 is 0.450 bits per heavy atom. The van der Waals surface area contributed by atoms with Crippen molar-refractivity contribution in [3.63, 3.8) is 0 Å². The minimum absolute atomic E-state index is 0.0660. The maximum absolute atomic E-state index is 13.8. The maximum Gasteiger partial charge on any atom is 0.272 e. The Morgan fingerprint density at radius 2 is 0.930 bits per heavy atom. The molecule has 25 heteroatoms. The largest absolute Gasteiger partial charge is 0.350 e.